The van der Waals surface area contributed by atoms with E-state index in [1.165, 1.54) is 52.7 Å². The summed E-state index contributed by atoms with van der Waals surface area (Å²) >= 11 is 19.3. The number of methoxy groups -OCH3 is 4. The van der Waals surface area contributed by atoms with E-state index in [0.29, 0.717) is 45.8 Å². The van der Waals surface area contributed by atoms with Crippen molar-refractivity contribution >= 4 is 68.3 Å². The van der Waals surface area contributed by atoms with Crippen molar-refractivity contribution in [1.29, 1.82) is 21.0 Å². The highest BCUT2D eigenvalue weighted by Gasteiger charge is 2.20. The largest absolute Gasteiger partial charge is 0.484 e. The second-order valence-electron chi connectivity index (χ2n) is 10.9. The molecule has 18 nitrogen and oxygen atoms in total. The zero-order chi connectivity index (χ0) is 49.9. The van der Waals surface area contributed by atoms with Crippen LogP contribution in [0.25, 0.3) is 0 Å². The molecule has 0 saturated carbocycles. The summed E-state index contributed by atoms with van der Waals surface area (Å²) in [5.41, 5.74) is 12.1. The number of nitrogens with zero attached hydrogens (tertiary/aromatic N) is 11. The highest BCUT2D eigenvalue weighted by atomic mass is 79.9. The molecule has 0 saturated heterocycles. The van der Waals surface area contributed by atoms with E-state index in [1.807, 2.05) is 12.1 Å². The van der Waals surface area contributed by atoms with Crippen LogP contribution in [0, 0.1) is 45.8 Å². The van der Waals surface area contributed by atoms with Gasteiger partial charge >= 0.3 is 0 Å². The van der Waals surface area contributed by atoms with Crippen LogP contribution in [-0.4, -0.2) is 96.6 Å². The number of nitrogens with two attached hydrogens (primary N) is 2. The molecule has 0 spiro atoms. The van der Waals surface area contributed by atoms with E-state index in [0.717, 1.165) is 11.1 Å². The van der Waals surface area contributed by atoms with Gasteiger partial charge in [0.1, 0.15) is 27.1 Å². The normalized spacial score (nSPS) is 10.4. The number of hydrogen-bond donors (Lipinski definition) is 3. The number of amidine groups is 2. The third-order valence-corrected chi connectivity index (χ3v) is 7.63. The topological polar surface area (TPSA) is 275 Å². The Morgan fingerprint density at radius 3 is 1.50 bits per heavy atom. The highest BCUT2D eigenvalue weighted by Crippen LogP contribution is 2.11. The Balaban J connectivity index is -0.000000350. The first-order valence-corrected chi connectivity index (χ1v) is 19.7. The number of halogens is 8. The van der Waals surface area contributed by atoms with E-state index in [4.69, 9.17) is 75.8 Å². The molecule has 0 aromatic carbocycles. The maximum absolute atomic E-state index is 12.4. The van der Waals surface area contributed by atoms with Gasteiger partial charge in [-0.3, -0.25) is 10.3 Å². The smallest absolute Gasteiger partial charge is 0.279 e. The van der Waals surface area contributed by atoms with Gasteiger partial charge < -0.3 is 35.3 Å². The van der Waals surface area contributed by atoms with Gasteiger partial charge in [0.15, 0.2) is 18.3 Å². The average molecular weight is 1030 g/mol. The summed E-state index contributed by atoms with van der Waals surface area (Å²) in [6.07, 6.45) is 6.33. The number of alkyl halides is 5. The van der Waals surface area contributed by atoms with Crippen LogP contribution in [0.2, 0.25) is 15.5 Å². The summed E-state index contributed by atoms with van der Waals surface area (Å²) in [7, 11) is 6.03. The lowest BCUT2D eigenvalue weighted by Crippen LogP contribution is -2.32. The molecule has 0 unspecified atom stereocenters. The molecule has 0 fully saturated rings. The molecule has 0 aliphatic rings. The molecule has 3 aromatic heterocycles. The minimum absolute atomic E-state index is 0.200. The Kier molecular flexibility index (Phi) is 43.6. The fourth-order valence-corrected chi connectivity index (χ4v) is 3.40. The molecule has 64 heavy (non-hydrogen) atoms. The number of nitrogens with one attached hydrogen (secondary N) is 1. The van der Waals surface area contributed by atoms with Crippen LogP contribution in [0.15, 0.2) is 70.0 Å². The van der Waals surface area contributed by atoms with Gasteiger partial charge in [-0.2, -0.15) is 26.0 Å². The van der Waals surface area contributed by atoms with Gasteiger partial charge in [-0.05, 0) is 48.7 Å². The number of ether oxygens (including phenoxy) is 4. The summed E-state index contributed by atoms with van der Waals surface area (Å²) in [4.78, 5) is 23.7. The van der Waals surface area contributed by atoms with Crippen molar-refractivity contribution in [3.05, 3.63) is 87.1 Å². The third kappa shape index (κ3) is 40.6. The fraction of sp³-hybridized carbons (Fsp3) is 0.421. The van der Waals surface area contributed by atoms with Crippen LogP contribution in [0.3, 0.4) is 0 Å². The second kappa shape index (κ2) is 42.8. The van der Waals surface area contributed by atoms with Crippen molar-refractivity contribution in [2.24, 2.45) is 26.4 Å². The van der Waals surface area contributed by atoms with Gasteiger partial charge in [0.05, 0.1) is 25.5 Å². The van der Waals surface area contributed by atoms with Crippen LogP contribution in [0.5, 0.6) is 0 Å². The SMILES string of the molecule is CC(=NC#N)N(Cc1ccc(Cl)nc1)CC(F)F.CC(=NCc1ccc(Cl)nc1)NC#N.COC(C)(OC)OC.COC(C)=NC#N.FC(F)CBr.N#CN.NCc1ccc(Cl)nc1. The number of aliphatic imine (C=N–C) groups is 3. The molecule has 3 heterocycles. The van der Waals surface area contributed by atoms with Crippen molar-refractivity contribution in [2.75, 3.05) is 40.3 Å². The molecule has 0 aliphatic heterocycles. The lowest BCUT2D eigenvalue weighted by Gasteiger charge is -2.23. The Bertz CT molecular complexity index is 1900. The number of pyridine rings is 3. The minimum Gasteiger partial charge on any atom is -0.484 e. The van der Waals surface area contributed by atoms with Crippen molar-refractivity contribution in [2.45, 2.75) is 66.2 Å². The van der Waals surface area contributed by atoms with Crippen LogP contribution >= 0.6 is 50.7 Å². The van der Waals surface area contributed by atoms with Gasteiger partial charge in [-0.25, -0.2) is 32.5 Å². The van der Waals surface area contributed by atoms with Crippen molar-refractivity contribution in [3.63, 3.8) is 0 Å². The number of nitriles is 4. The van der Waals surface area contributed by atoms with Crippen molar-refractivity contribution < 1.29 is 36.5 Å². The van der Waals surface area contributed by atoms with Gasteiger partial charge in [0, 0.05) is 66.9 Å². The maximum Gasteiger partial charge on any atom is 0.279 e. The van der Waals surface area contributed by atoms with Crippen LogP contribution in [-0.2, 0) is 38.6 Å². The van der Waals surface area contributed by atoms with Crippen molar-refractivity contribution in [3.8, 4) is 24.8 Å². The van der Waals surface area contributed by atoms with Gasteiger partial charge in [0.2, 0.25) is 18.8 Å². The molecule has 0 bridgehead atoms. The number of hydrogen-bond acceptors (Lipinski definition) is 16. The zero-order valence-electron chi connectivity index (χ0n) is 36.1. The van der Waals surface area contributed by atoms with Crippen molar-refractivity contribution in [1.82, 2.24) is 25.2 Å². The Labute approximate surface area is 394 Å². The lowest BCUT2D eigenvalue weighted by atomic mass is 10.2. The summed E-state index contributed by atoms with van der Waals surface area (Å²) in [6, 6.07) is 10.4. The molecule has 352 valence electrons. The predicted molar refractivity (Wildman–Crippen MR) is 241 cm³/mol. The van der Waals surface area contributed by atoms with E-state index in [1.54, 1.807) is 76.0 Å². The first kappa shape index (κ1) is 65.1. The van der Waals surface area contributed by atoms with E-state index in [2.05, 4.69) is 61.6 Å². The summed E-state index contributed by atoms with van der Waals surface area (Å²) in [5, 5.41) is 35.2. The second-order valence-corrected chi connectivity index (χ2v) is 12.7. The molecule has 5 N–H and O–H groups in total. The first-order valence-electron chi connectivity index (χ1n) is 17.5. The fourth-order valence-electron chi connectivity index (χ4n) is 3.06. The van der Waals surface area contributed by atoms with Gasteiger partial charge in [0.25, 0.3) is 12.4 Å². The molecule has 3 aromatic rings. The highest BCUT2D eigenvalue weighted by molar-refractivity contribution is 9.09. The van der Waals surface area contributed by atoms with Crippen LogP contribution < -0.4 is 16.8 Å². The Morgan fingerprint density at radius 2 is 1.22 bits per heavy atom. The number of rotatable bonds is 11. The maximum atomic E-state index is 12.4. The summed E-state index contributed by atoms with van der Waals surface area (Å²) in [6.45, 7) is 7.26. The zero-order valence-corrected chi connectivity index (χ0v) is 40.0. The molecule has 0 aliphatic carbocycles. The minimum atomic E-state index is -2.51. The molecule has 3 rings (SSSR count). The van der Waals surface area contributed by atoms with Gasteiger partial charge in [-0.1, -0.05) is 68.9 Å². The molecular weight excluding hydrogens is 979 g/mol. The number of aromatic nitrogens is 3. The quantitative estimate of drug-likeness (QED) is 0.0241. The van der Waals surface area contributed by atoms with E-state index < -0.39 is 25.4 Å². The van der Waals surface area contributed by atoms with E-state index >= 15 is 0 Å². The van der Waals surface area contributed by atoms with E-state index in [-0.39, 0.29) is 17.7 Å². The summed E-state index contributed by atoms with van der Waals surface area (Å²) < 4.78 is 65.2. The third-order valence-electron chi connectivity index (χ3n) is 6.47. The molecule has 0 radical (unpaired) electrons. The molecule has 26 heteroatoms. The standard InChI is InChI=1S/C11H11ClF2N4.C9H9ClN4.C6H7ClN2.C5H12O3.C4H6N2O.C2H3BrF2.CH2N2/c1-8(17-7-15)18(6-11(13)14)5-9-2-3-10(12)16-4-9;1-7(14-6-11)12-4-8-2-3-9(10)13-5-8;7-6-2-1-5(3-8)4-9-6;1-5(6-2,7-3)8-4;1-4(7-2)6-3-5;3-1-2(4)5;2-1-3/h2-4,11H,5-6H2,1H3;2-3,5H,4H2,1H3,(H,12,14);1-2,4H,3,8H2;1-4H3;1-2H3;2H,1H2;2H2. The Hall–Kier alpha value is -5.47. The molecule has 0 atom stereocenters. The summed E-state index contributed by atoms with van der Waals surface area (Å²) in [5.74, 6) is 0.345. The lowest BCUT2D eigenvalue weighted by molar-refractivity contribution is -0.340. The monoisotopic (exact) mass is 1030 g/mol. The van der Waals surface area contributed by atoms with Crippen LogP contribution in [0.4, 0.5) is 17.6 Å². The predicted octanol–water partition coefficient (Wildman–Crippen LogP) is 7.82. The van der Waals surface area contributed by atoms with Gasteiger partial charge in [-0.15, -0.1) is 4.99 Å². The first-order chi connectivity index (χ1) is 30.2. The molecule has 0 amide bonds. The van der Waals surface area contributed by atoms with Crippen LogP contribution in [0.1, 0.15) is 44.4 Å². The Morgan fingerprint density at radius 1 is 0.797 bits per heavy atom. The van der Waals surface area contributed by atoms with E-state index in [9.17, 15) is 17.6 Å². The molecular formula is C38H50BrCl3F4N14O4. The average Bonchev–Trinajstić information content (AvgIpc) is 3.28.